The van der Waals surface area contributed by atoms with Gasteiger partial charge in [-0.2, -0.15) is 0 Å². The van der Waals surface area contributed by atoms with Gasteiger partial charge in [0.25, 0.3) is 0 Å². The van der Waals surface area contributed by atoms with Crippen molar-refractivity contribution in [3.05, 3.63) is 30.3 Å². The summed E-state index contributed by atoms with van der Waals surface area (Å²) in [5.74, 6) is 0. The van der Waals surface area contributed by atoms with Crippen molar-refractivity contribution in [2.45, 2.75) is 62.8 Å². The van der Waals surface area contributed by atoms with Gasteiger partial charge in [0.15, 0.2) is 0 Å². The minimum absolute atomic E-state index is 0.661. The average Bonchev–Trinajstić information content (AvgIpc) is 2.22. The second kappa shape index (κ2) is 5.70. The summed E-state index contributed by atoms with van der Waals surface area (Å²) in [5, 5.41) is 1.58. The minimum atomic E-state index is -1.25. The van der Waals surface area contributed by atoms with Crippen LogP contribution in [0.3, 0.4) is 0 Å². The highest BCUT2D eigenvalue weighted by molar-refractivity contribution is 7.24. The van der Waals surface area contributed by atoms with Gasteiger partial charge in [0.05, 0.1) is 9.52 Å². The SMILES string of the molecule is C[Si](C)(C)C([Si]c1ccccc1)([Si](C)(C)C)[Si](C)(C)C. The Bertz CT molecular complexity index is 396. The van der Waals surface area contributed by atoms with Gasteiger partial charge in [0.1, 0.15) is 0 Å². The van der Waals surface area contributed by atoms with Crippen LogP contribution in [0.5, 0.6) is 0 Å². The van der Waals surface area contributed by atoms with Crippen molar-refractivity contribution in [1.29, 1.82) is 0 Å². The van der Waals surface area contributed by atoms with Crippen LogP contribution in [0.15, 0.2) is 30.3 Å². The molecule has 0 atom stereocenters. The molecule has 0 aliphatic carbocycles. The van der Waals surface area contributed by atoms with Crippen molar-refractivity contribution in [2.75, 3.05) is 0 Å². The smallest absolute Gasteiger partial charge is 0.0698 e. The Morgan fingerprint density at radius 1 is 0.650 bits per heavy atom. The zero-order valence-electron chi connectivity index (χ0n) is 14.9. The summed E-state index contributed by atoms with van der Waals surface area (Å²) in [5.41, 5.74) is 0. The zero-order valence-corrected chi connectivity index (χ0v) is 18.9. The molecule has 0 nitrogen and oxygen atoms in total. The molecule has 1 aromatic rings. The Kier molecular flexibility index (Phi) is 5.17. The molecule has 0 aromatic heterocycles. The summed E-state index contributed by atoms with van der Waals surface area (Å²) < 4.78 is 0.661. The topological polar surface area (TPSA) is 0 Å². The van der Waals surface area contributed by atoms with Crippen LogP contribution in [-0.2, 0) is 0 Å². The van der Waals surface area contributed by atoms with Crippen molar-refractivity contribution in [3.8, 4) is 0 Å². The Labute approximate surface area is 132 Å². The van der Waals surface area contributed by atoms with E-state index < -0.39 is 24.2 Å². The first-order chi connectivity index (χ1) is 8.83. The van der Waals surface area contributed by atoms with Crippen LogP contribution in [-0.4, -0.2) is 33.7 Å². The molecule has 0 N–H and O–H groups in total. The van der Waals surface area contributed by atoms with Crippen LogP contribution in [0.25, 0.3) is 0 Å². The van der Waals surface area contributed by atoms with Crippen molar-refractivity contribution in [3.63, 3.8) is 0 Å². The lowest BCUT2D eigenvalue weighted by Crippen LogP contribution is -2.70. The first kappa shape index (κ1) is 18.1. The molecule has 0 saturated carbocycles. The quantitative estimate of drug-likeness (QED) is 0.677. The van der Waals surface area contributed by atoms with E-state index in [0.717, 1.165) is 9.52 Å². The van der Waals surface area contributed by atoms with E-state index >= 15 is 0 Å². The zero-order chi connectivity index (χ0) is 15.8. The third-order valence-corrected chi connectivity index (χ3v) is 33.6. The maximum atomic E-state index is 2.62. The van der Waals surface area contributed by atoms with Gasteiger partial charge < -0.3 is 0 Å². The average molecular weight is 337 g/mol. The number of rotatable bonds is 5. The largest absolute Gasteiger partial charge is 0.0787 e. The predicted molar refractivity (Wildman–Crippen MR) is 105 cm³/mol. The first-order valence-electron chi connectivity index (χ1n) is 7.66. The summed E-state index contributed by atoms with van der Waals surface area (Å²) in [4.78, 5) is 0. The normalized spacial score (nSPS) is 14.4. The van der Waals surface area contributed by atoms with Crippen molar-refractivity contribution < 1.29 is 0 Å². The third-order valence-electron chi connectivity index (χ3n) is 4.48. The van der Waals surface area contributed by atoms with E-state index in [2.05, 4.69) is 89.3 Å². The highest BCUT2D eigenvalue weighted by Crippen LogP contribution is 2.52. The van der Waals surface area contributed by atoms with E-state index in [1.165, 1.54) is 0 Å². The van der Waals surface area contributed by atoms with Crippen LogP contribution in [0.2, 0.25) is 62.8 Å². The van der Waals surface area contributed by atoms with Crippen LogP contribution in [0.4, 0.5) is 0 Å². The predicted octanol–water partition coefficient (Wildman–Crippen LogP) is 4.81. The highest BCUT2D eigenvalue weighted by atomic mass is 28.5. The van der Waals surface area contributed by atoms with Gasteiger partial charge in [-0.05, 0) is 3.91 Å². The minimum Gasteiger partial charge on any atom is -0.0698 e. The van der Waals surface area contributed by atoms with E-state index in [1.807, 2.05) is 0 Å². The Hall–Kier alpha value is 0.0875. The Balaban J connectivity index is 3.48. The molecular weight excluding hydrogens is 305 g/mol. The maximum Gasteiger partial charge on any atom is 0.0787 e. The summed E-state index contributed by atoms with van der Waals surface area (Å²) in [7, 11) is -2.76. The monoisotopic (exact) mass is 336 g/mol. The van der Waals surface area contributed by atoms with Gasteiger partial charge in [-0.25, -0.2) is 0 Å². The van der Waals surface area contributed by atoms with E-state index in [-0.39, 0.29) is 0 Å². The third kappa shape index (κ3) is 3.29. The lowest BCUT2D eigenvalue weighted by atomic mass is 10.4. The van der Waals surface area contributed by atoms with Crippen LogP contribution >= 0.6 is 0 Å². The van der Waals surface area contributed by atoms with Gasteiger partial charge in [-0.1, -0.05) is 94.4 Å². The molecule has 0 spiro atoms. The Morgan fingerprint density at radius 2 is 1.00 bits per heavy atom. The summed E-state index contributed by atoms with van der Waals surface area (Å²) >= 11 is 0. The summed E-state index contributed by atoms with van der Waals surface area (Å²) in [6.45, 7) is 23.6. The molecule has 0 aliphatic heterocycles. The standard InChI is InChI=1S/C16H32Si4/c1-18(2,3)16(19(4,5)6,20(7,8)9)17-15-13-11-10-12-14-15/h10-14H,1-9H3. The molecule has 0 aliphatic rings. The molecule has 4 heteroatoms. The molecule has 112 valence electrons. The van der Waals surface area contributed by atoms with Gasteiger partial charge in [0, 0.05) is 24.2 Å². The molecule has 0 saturated heterocycles. The molecule has 0 fully saturated rings. The molecule has 20 heavy (non-hydrogen) atoms. The molecule has 0 amide bonds. The van der Waals surface area contributed by atoms with Gasteiger partial charge in [-0.3, -0.25) is 0 Å². The fourth-order valence-corrected chi connectivity index (χ4v) is 38.3. The van der Waals surface area contributed by atoms with Crippen LogP contribution < -0.4 is 5.19 Å². The molecule has 2 radical (unpaired) electrons. The van der Waals surface area contributed by atoms with Crippen molar-refractivity contribution >= 4 is 38.9 Å². The first-order valence-corrected chi connectivity index (χ1v) is 19.2. The van der Waals surface area contributed by atoms with E-state index in [0.29, 0.717) is 3.91 Å². The van der Waals surface area contributed by atoms with E-state index in [9.17, 15) is 0 Å². The second-order valence-corrected chi connectivity index (χ2v) is 29.3. The fraction of sp³-hybridized carbons (Fsp3) is 0.625. The van der Waals surface area contributed by atoms with Crippen molar-refractivity contribution in [2.24, 2.45) is 0 Å². The number of benzene rings is 1. The second-order valence-electron chi connectivity index (χ2n) is 8.99. The summed E-state index contributed by atoms with van der Waals surface area (Å²) in [6.07, 6.45) is 0. The molecule has 0 bridgehead atoms. The van der Waals surface area contributed by atoms with Crippen LogP contribution in [0, 0.1) is 0 Å². The van der Waals surface area contributed by atoms with Crippen molar-refractivity contribution in [1.82, 2.24) is 0 Å². The van der Waals surface area contributed by atoms with Gasteiger partial charge in [-0.15, -0.1) is 0 Å². The van der Waals surface area contributed by atoms with E-state index in [1.54, 1.807) is 5.19 Å². The van der Waals surface area contributed by atoms with E-state index in [4.69, 9.17) is 0 Å². The summed E-state index contributed by atoms with van der Waals surface area (Å²) in [6, 6.07) is 11.3. The number of hydrogen-bond donors (Lipinski definition) is 0. The molecule has 0 unspecified atom stereocenters. The fourth-order valence-electron chi connectivity index (χ4n) is 4.68. The number of hydrogen-bond acceptors (Lipinski definition) is 0. The van der Waals surface area contributed by atoms with Gasteiger partial charge >= 0.3 is 0 Å². The molecule has 1 rings (SSSR count). The lowest BCUT2D eigenvalue weighted by Gasteiger charge is -2.59. The molecule has 0 heterocycles. The highest BCUT2D eigenvalue weighted by Gasteiger charge is 2.59. The van der Waals surface area contributed by atoms with Gasteiger partial charge in [0.2, 0.25) is 0 Å². The van der Waals surface area contributed by atoms with Crippen LogP contribution in [0.1, 0.15) is 0 Å². The lowest BCUT2D eigenvalue weighted by molar-refractivity contribution is 1.23. The maximum absolute atomic E-state index is 2.62. The molecule has 1 aromatic carbocycles. The molecular formula is C16H32Si4. The Morgan fingerprint density at radius 3 is 1.30 bits per heavy atom.